The highest BCUT2D eigenvalue weighted by Crippen LogP contribution is 2.22. The molecule has 0 unspecified atom stereocenters. The molecular formula is C12H12N4O2. The Bertz CT molecular complexity index is 766. The summed E-state index contributed by atoms with van der Waals surface area (Å²) in [7, 11) is 1.68. The number of aromatic nitrogens is 3. The number of aromatic amines is 1. The summed E-state index contributed by atoms with van der Waals surface area (Å²) < 4.78 is 6.55. The number of fused-ring (bicyclic) bond motifs is 1. The maximum absolute atomic E-state index is 11.4. The number of hydrogen-bond acceptors (Lipinski definition) is 4. The van der Waals surface area contributed by atoms with Gasteiger partial charge in [0, 0.05) is 12.6 Å². The van der Waals surface area contributed by atoms with Crippen molar-refractivity contribution in [3.63, 3.8) is 0 Å². The molecule has 0 atom stereocenters. The van der Waals surface area contributed by atoms with Gasteiger partial charge in [-0.05, 0) is 18.2 Å². The predicted molar refractivity (Wildman–Crippen MR) is 66.9 cm³/mol. The minimum atomic E-state index is -0.366. The average Bonchev–Trinajstić information content (AvgIpc) is 2.96. The highest BCUT2D eigenvalue weighted by atomic mass is 16.4. The Morgan fingerprint density at radius 1 is 1.50 bits per heavy atom. The van der Waals surface area contributed by atoms with Crippen molar-refractivity contribution in [1.29, 1.82) is 0 Å². The molecule has 2 heterocycles. The van der Waals surface area contributed by atoms with Gasteiger partial charge in [-0.1, -0.05) is 0 Å². The van der Waals surface area contributed by atoms with Crippen LogP contribution >= 0.6 is 0 Å². The van der Waals surface area contributed by atoms with E-state index in [4.69, 9.17) is 10.2 Å². The van der Waals surface area contributed by atoms with Crippen molar-refractivity contribution in [3.8, 4) is 11.3 Å². The monoisotopic (exact) mass is 244 g/mol. The summed E-state index contributed by atoms with van der Waals surface area (Å²) in [6.07, 6.45) is 1.72. The quantitative estimate of drug-likeness (QED) is 0.703. The van der Waals surface area contributed by atoms with Crippen LogP contribution in [0.2, 0.25) is 0 Å². The minimum Gasteiger partial charge on any atom is -0.408 e. The van der Waals surface area contributed by atoms with Crippen LogP contribution in [-0.2, 0) is 13.6 Å². The number of nitrogens with one attached hydrogen (secondary N) is 1. The first-order chi connectivity index (χ1) is 8.69. The second kappa shape index (κ2) is 3.85. The summed E-state index contributed by atoms with van der Waals surface area (Å²) in [6.45, 7) is 0.368. The number of rotatable bonds is 2. The van der Waals surface area contributed by atoms with E-state index in [-0.39, 0.29) is 5.76 Å². The summed E-state index contributed by atoms with van der Waals surface area (Å²) >= 11 is 0. The van der Waals surface area contributed by atoms with Crippen LogP contribution in [0.3, 0.4) is 0 Å². The molecule has 3 rings (SSSR count). The highest BCUT2D eigenvalue weighted by Gasteiger charge is 2.08. The van der Waals surface area contributed by atoms with Crippen molar-refractivity contribution in [2.45, 2.75) is 6.54 Å². The van der Waals surface area contributed by atoms with Crippen LogP contribution in [0, 0.1) is 0 Å². The SMILES string of the molecule is Cn1c(=O)oc2ccc(-c3cnc(CN)[nH]3)cc21. The van der Waals surface area contributed by atoms with Crippen LogP contribution in [0.1, 0.15) is 5.82 Å². The summed E-state index contributed by atoms with van der Waals surface area (Å²) in [5.74, 6) is 0.362. The standard InChI is InChI=1S/C12H12N4O2/c1-16-9-4-7(2-3-10(9)18-12(16)17)8-6-14-11(5-13)15-8/h2-4,6H,5,13H2,1H3,(H,14,15). The van der Waals surface area contributed by atoms with Gasteiger partial charge in [0.1, 0.15) is 5.82 Å². The van der Waals surface area contributed by atoms with Crippen LogP contribution in [0.25, 0.3) is 22.4 Å². The largest absolute Gasteiger partial charge is 0.419 e. The molecule has 0 fully saturated rings. The second-order valence-corrected chi connectivity index (χ2v) is 4.06. The van der Waals surface area contributed by atoms with Gasteiger partial charge in [-0.25, -0.2) is 9.78 Å². The fraction of sp³-hybridized carbons (Fsp3) is 0.167. The molecule has 6 nitrogen and oxygen atoms in total. The van der Waals surface area contributed by atoms with Crippen molar-refractivity contribution >= 4 is 11.1 Å². The topological polar surface area (TPSA) is 89.8 Å². The molecule has 6 heteroatoms. The summed E-state index contributed by atoms with van der Waals surface area (Å²) in [6, 6.07) is 5.53. The zero-order valence-corrected chi connectivity index (χ0v) is 9.80. The van der Waals surface area contributed by atoms with Crippen LogP contribution in [0.5, 0.6) is 0 Å². The van der Waals surface area contributed by atoms with Crippen molar-refractivity contribution < 1.29 is 4.42 Å². The second-order valence-electron chi connectivity index (χ2n) is 4.06. The molecule has 0 saturated carbocycles. The Morgan fingerprint density at radius 2 is 2.33 bits per heavy atom. The first-order valence-electron chi connectivity index (χ1n) is 5.53. The van der Waals surface area contributed by atoms with Gasteiger partial charge in [0.25, 0.3) is 0 Å². The first-order valence-corrected chi connectivity index (χ1v) is 5.53. The number of nitrogens with zero attached hydrogens (tertiary/aromatic N) is 2. The number of H-pyrrole nitrogens is 1. The Kier molecular flexibility index (Phi) is 2.31. The number of nitrogens with two attached hydrogens (primary N) is 1. The molecule has 0 aliphatic heterocycles. The summed E-state index contributed by atoms with van der Waals surface area (Å²) in [5.41, 5.74) is 8.63. The minimum absolute atomic E-state index is 0.366. The van der Waals surface area contributed by atoms with E-state index in [9.17, 15) is 4.79 Å². The van der Waals surface area contributed by atoms with Gasteiger partial charge >= 0.3 is 5.76 Å². The van der Waals surface area contributed by atoms with Gasteiger partial charge in [0.2, 0.25) is 0 Å². The predicted octanol–water partition coefficient (Wildman–Crippen LogP) is 0.980. The molecule has 0 radical (unpaired) electrons. The van der Waals surface area contributed by atoms with Crippen molar-refractivity contribution in [1.82, 2.24) is 14.5 Å². The lowest BCUT2D eigenvalue weighted by atomic mass is 10.1. The Labute approximate surface area is 102 Å². The molecule has 92 valence electrons. The fourth-order valence-electron chi connectivity index (χ4n) is 1.91. The van der Waals surface area contributed by atoms with Gasteiger partial charge in [-0.2, -0.15) is 0 Å². The zero-order chi connectivity index (χ0) is 12.7. The Hall–Kier alpha value is -2.34. The normalized spacial score (nSPS) is 11.2. The van der Waals surface area contributed by atoms with E-state index in [2.05, 4.69) is 9.97 Å². The molecule has 0 amide bonds. The number of benzene rings is 1. The van der Waals surface area contributed by atoms with Crippen molar-refractivity contribution in [2.75, 3.05) is 0 Å². The van der Waals surface area contributed by atoms with E-state index in [0.29, 0.717) is 12.1 Å². The van der Waals surface area contributed by atoms with E-state index in [1.807, 2.05) is 12.1 Å². The molecule has 0 spiro atoms. The van der Waals surface area contributed by atoms with Crippen molar-refractivity contribution in [3.05, 3.63) is 40.8 Å². The summed E-state index contributed by atoms with van der Waals surface area (Å²) in [5, 5.41) is 0. The fourth-order valence-corrected chi connectivity index (χ4v) is 1.91. The van der Waals surface area contributed by atoms with E-state index in [1.165, 1.54) is 4.57 Å². The number of hydrogen-bond donors (Lipinski definition) is 2. The third-order valence-corrected chi connectivity index (χ3v) is 2.92. The Balaban J connectivity index is 2.18. The van der Waals surface area contributed by atoms with Gasteiger partial charge in [0.15, 0.2) is 5.58 Å². The molecule has 0 aliphatic rings. The average molecular weight is 244 g/mol. The third-order valence-electron chi connectivity index (χ3n) is 2.92. The van der Waals surface area contributed by atoms with Crippen LogP contribution in [0.4, 0.5) is 0 Å². The summed E-state index contributed by atoms with van der Waals surface area (Å²) in [4.78, 5) is 18.7. The molecule has 3 aromatic rings. The van der Waals surface area contributed by atoms with Gasteiger partial charge in [-0.3, -0.25) is 4.57 Å². The maximum Gasteiger partial charge on any atom is 0.419 e. The molecule has 2 aromatic heterocycles. The van der Waals surface area contributed by atoms with Crippen molar-refractivity contribution in [2.24, 2.45) is 12.8 Å². The van der Waals surface area contributed by atoms with Crippen LogP contribution in [0.15, 0.2) is 33.6 Å². The Morgan fingerprint density at radius 3 is 3.06 bits per heavy atom. The molecule has 1 aromatic carbocycles. The van der Waals surface area contributed by atoms with Crippen LogP contribution in [-0.4, -0.2) is 14.5 Å². The van der Waals surface area contributed by atoms with E-state index in [0.717, 1.165) is 22.6 Å². The number of aryl methyl sites for hydroxylation is 1. The molecular weight excluding hydrogens is 232 g/mol. The van der Waals surface area contributed by atoms with Gasteiger partial charge in [-0.15, -0.1) is 0 Å². The molecule has 3 N–H and O–H groups in total. The van der Waals surface area contributed by atoms with Gasteiger partial charge in [0.05, 0.1) is 24.0 Å². The lowest BCUT2D eigenvalue weighted by Crippen LogP contribution is -2.08. The third kappa shape index (κ3) is 1.54. The molecule has 0 bridgehead atoms. The number of imidazole rings is 1. The van der Waals surface area contributed by atoms with E-state index < -0.39 is 0 Å². The molecule has 0 saturated heterocycles. The van der Waals surface area contributed by atoms with Crippen LogP contribution < -0.4 is 11.5 Å². The van der Waals surface area contributed by atoms with E-state index in [1.54, 1.807) is 19.3 Å². The molecule has 18 heavy (non-hydrogen) atoms. The lowest BCUT2D eigenvalue weighted by molar-refractivity contribution is 0.528. The first kappa shape index (κ1) is 10.8. The van der Waals surface area contributed by atoms with E-state index >= 15 is 0 Å². The number of oxazole rings is 1. The zero-order valence-electron chi connectivity index (χ0n) is 9.80. The highest BCUT2D eigenvalue weighted by molar-refractivity contribution is 5.79. The maximum atomic E-state index is 11.4. The smallest absolute Gasteiger partial charge is 0.408 e. The van der Waals surface area contributed by atoms with Gasteiger partial charge < -0.3 is 15.1 Å². The lowest BCUT2D eigenvalue weighted by Gasteiger charge is -1.98. The molecule has 0 aliphatic carbocycles.